The summed E-state index contributed by atoms with van der Waals surface area (Å²) >= 11 is 5.66. The van der Waals surface area contributed by atoms with E-state index in [2.05, 4.69) is 15.0 Å². The quantitative estimate of drug-likeness (QED) is 0.336. The van der Waals surface area contributed by atoms with E-state index in [0.717, 1.165) is 6.26 Å². The van der Waals surface area contributed by atoms with E-state index in [9.17, 15) is 18.5 Å². The van der Waals surface area contributed by atoms with Crippen LogP contribution in [0.15, 0.2) is 12.1 Å². The highest BCUT2D eigenvalue weighted by molar-refractivity contribution is 7.88. The first-order valence-corrected chi connectivity index (χ1v) is 7.56. The fourth-order valence-corrected chi connectivity index (χ4v) is 1.92. The zero-order chi connectivity index (χ0) is 14.5. The number of anilines is 1. The van der Waals surface area contributed by atoms with Crippen LogP contribution in [0.4, 0.5) is 11.5 Å². The van der Waals surface area contributed by atoms with E-state index in [0.29, 0.717) is 13.0 Å². The minimum absolute atomic E-state index is 0.0665. The molecule has 1 heterocycles. The van der Waals surface area contributed by atoms with Crippen molar-refractivity contribution >= 4 is 33.1 Å². The average molecular weight is 309 g/mol. The Labute approximate surface area is 115 Å². The molecule has 0 unspecified atom stereocenters. The zero-order valence-corrected chi connectivity index (χ0v) is 11.7. The lowest BCUT2D eigenvalue weighted by molar-refractivity contribution is -0.384. The molecule has 8 nitrogen and oxygen atoms in total. The van der Waals surface area contributed by atoms with Gasteiger partial charge in [-0.25, -0.2) is 18.1 Å². The highest BCUT2D eigenvalue weighted by Crippen LogP contribution is 2.23. The summed E-state index contributed by atoms with van der Waals surface area (Å²) in [6, 6.07) is 2.59. The lowest BCUT2D eigenvalue weighted by Crippen LogP contribution is -2.24. The Morgan fingerprint density at radius 3 is 2.68 bits per heavy atom. The van der Waals surface area contributed by atoms with E-state index in [-0.39, 0.29) is 23.2 Å². The topological polar surface area (TPSA) is 114 Å². The number of pyridine rings is 1. The first-order valence-electron chi connectivity index (χ1n) is 5.29. The molecule has 1 rings (SSSR count). The number of nitrogens with zero attached hydrogens (tertiary/aromatic N) is 2. The van der Waals surface area contributed by atoms with E-state index >= 15 is 0 Å². The van der Waals surface area contributed by atoms with Crippen LogP contribution in [0.5, 0.6) is 0 Å². The Balaban J connectivity index is 2.53. The van der Waals surface area contributed by atoms with Crippen molar-refractivity contribution < 1.29 is 13.3 Å². The maximum absolute atomic E-state index is 10.8. The van der Waals surface area contributed by atoms with E-state index in [1.54, 1.807) is 0 Å². The standard InChI is InChI=1S/C9H13ClN4O4S/c1-19(17,18)12-6-2-5-11-9-7(14(15)16)3-4-8(10)13-9/h3-4,12H,2,5-6H2,1H3,(H,11,13). The van der Waals surface area contributed by atoms with Crippen LogP contribution < -0.4 is 10.0 Å². The van der Waals surface area contributed by atoms with Gasteiger partial charge < -0.3 is 5.32 Å². The van der Waals surface area contributed by atoms with Crippen LogP contribution in [0.3, 0.4) is 0 Å². The van der Waals surface area contributed by atoms with Gasteiger partial charge in [-0.3, -0.25) is 10.1 Å². The second-order valence-electron chi connectivity index (χ2n) is 3.71. The van der Waals surface area contributed by atoms with Gasteiger partial charge in [0, 0.05) is 19.2 Å². The number of nitro groups is 1. The van der Waals surface area contributed by atoms with Crippen LogP contribution in [0.1, 0.15) is 6.42 Å². The molecule has 0 saturated heterocycles. The van der Waals surface area contributed by atoms with Crippen LogP contribution >= 0.6 is 11.6 Å². The Kier molecular flexibility index (Phi) is 5.45. The molecular weight excluding hydrogens is 296 g/mol. The molecule has 0 aliphatic heterocycles. The average Bonchev–Trinajstić information content (AvgIpc) is 2.26. The number of nitrogens with one attached hydrogen (secondary N) is 2. The van der Waals surface area contributed by atoms with Crippen molar-refractivity contribution in [3.8, 4) is 0 Å². The third-order valence-electron chi connectivity index (χ3n) is 2.05. The van der Waals surface area contributed by atoms with Crippen LogP contribution in [0.2, 0.25) is 5.15 Å². The van der Waals surface area contributed by atoms with Gasteiger partial charge in [-0.2, -0.15) is 0 Å². The molecule has 0 atom stereocenters. The van der Waals surface area contributed by atoms with Gasteiger partial charge in [0.2, 0.25) is 15.8 Å². The molecular formula is C9H13ClN4O4S. The summed E-state index contributed by atoms with van der Waals surface area (Å²) in [6.45, 7) is 0.566. The smallest absolute Gasteiger partial charge is 0.311 e. The first kappa shape index (κ1) is 15.6. The van der Waals surface area contributed by atoms with Gasteiger partial charge in [0.05, 0.1) is 11.2 Å². The molecule has 106 valence electrons. The third-order valence-corrected chi connectivity index (χ3v) is 2.99. The van der Waals surface area contributed by atoms with Gasteiger partial charge in [0.1, 0.15) is 5.15 Å². The molecule has 1 aromatic heterocycles. The zero-order valence-electron chi connectivity index (χ0n) is 10.1. The summed E-state index contributed by atoms with van der Waals surface area (Å²) in [5.41, 5.74) is -0.180. The number of rotatable bonds is 7. The fraction of sp³-hybridized carbons (Fsp3) is 0.444. The van der Waals surface area contributed by atoms with Crippen molar-refractivity contribution in [2.75, 3.05) is 24.7 Å². The maximum atomic E-state index is 10.8. The van der Waals surface area contributed by atoms with Gasteiger partial charge in [-0.15, -0.1) is 0 Å². The fourth-order valence-electron chi connectivity index (χ4n) is 1.26. The summed E-state index contributed by atoms with van der Waals surface area (Å²) in [6.07, 6.45) is 1.52. The SMILES string of the molecule is CS(=O)(=O)NCCCNc1nc(Cl)ccc1[N+](=O)[O-]. The van der Waals surface area contributed by atoms with Crippen molar-refractivity contribution in [1.29, 1.82) is 0 Å². The molecule has 0 spiro atoms. The monoisotopic (exact) mass is 308 g/mol. The number of hydrogen-bond acceptors (Lipinski definition) is 6. The minimum atomic E-state index is -3.22. The highest BCUT2D eigenvalue weighted by atomic mass is 35.5. The number of aromatic nitrogens is 1. The second kappa shape index (κ2) is 6.64. The van der Waals surface area contributed by atoms with Crippen molar-refractivity contribution in [3.63, 3.8) is 0 Å². The molecule has 2 N–H and O–H groups in total. The van der Waals surface area contributed by atoms with Crippen molar-refractivity contribution in [2.24, 2.45) is 0 Å². The van der Waals surface area contributed by atoms with Gasteiger partial charge in [0.15, 0.2) is 0 Å². The summed E-state index contributed by atoms with van der Waals surface area (Å²) in [5.74, 6) is 0.0665. The normalized spacial score (nSPS) is 11.3. The summed E-state index contributed by atoms with van der Waals surface area (Å²) in [5, 5.41) is 13.6. The van der Waals surface area contributed by atoms with Gasteiger partial charge in [-0.05, 0) is 12.5 Å². The van der Waals surface area contributed by atoms with E-state index in [1.165, 1.54) is 12.1 Å². The van der Waals surface area contributed by atoms with E-state index in [1.807, 2.05) is 0 Å². The van der Waals surface area contributed by atoms with Gasteiger partial charge in [-0.1, -0.05) is 11.6 Å². The van der Waals surface area contributed by atoms with E-state index in [4.69, 9.17) is 11.6 Å². The largest absolute Gasteiger partial charge is 0.364 e. The predicted octanol–water partition coefficient (Wildman–Crippen LogP) is 0.994. The lowest BCUT2D eigenvalue weighted by atomic mass is 10.3. The highest BCUT2D eigenvalue weighted by Gasteiger charge is 2.14. The summed E-state index contributed by atoms with van der Waals surface area (Å²) in [4.78, 5) is 14.0. The molecule has 0 amide bonds. The number of halogens is 1. The van der Waals surface area contributed by atoms with Crippen molar-refractivity contribution in [3.05, 3.63) is 27.4 Å². The summed E-state index contributed by atoms with van der Waals surface area (Å²) < 4.78 is 23.9. The van der Waals surface area contributed by atoms with Crippen LogP contribution in [0, 0.1) is 10.1 Å². The third kappa shape index (κ3) is 5.81. The minimum Gasteiger partial charge on any atom is -0.364 e. The number of sulfonamides is 1. The lowest BCUT2D eigenvalue weighted by Gasteiger charge is -2.06. The molecule has 0 fully saturated rings. The Morgan fingerprint density at radius 1 is 1.42 bits per heavy atom. The molecule has 10 heteroatoms. The Morgan fingerprint density at radius 2 is 2.11 bits per heavy atom. The van der Waals surface area contributed by atoms with Gasteiger partial charge in [0.25, 0.3) is 0 Å². The Bertz CT molecular complexity index is 563. The van der Waals surface area contributed by atoms with Crippen LogP contribution in [-0.2, 0) is 10.0 Å². The molecule has 0 radical (unpaired) electrons. The van der Waals surface area contributed by atoms with Crippen LogP contribution in [-0.4, -0.2) is 37.7 Å². The molecule has 0 saturated carbocycles. The first-order chi connectivity index (χ1) is 8.79. The molecule has 0 aliphatic rings. The van der Waals surface area contributed by atoms with Gasteiger partial charge >= 0.3 is 5.69 Å². The van der Waals surface area contributed by atoms with Crippen molar-refractivity contribution in [1.82, 2.24) is 9.71 Å². The Hall–Kier alpha value is -1.45. The molecule has 0 aliphatic carbocycles. The van der Waals surface area contributed by atoms with E-state index < -0.39 is 14.9 Å². The predicted molar refractivity (Wildman–Crippen MR) is 71.9 cm³/mol. The number of hydrogen-bond donors (Lipinski definition) is 2. The molecule has 19 heavy (non-hydrogen) atoms. The molecule has 0 bridgehead atoms. The van der Waals surface area contributed by atoms with Crippen molar-refractivity contribution in [2.45, 2.75) is 6.42 Å². The second-order valence-corrected chi connectivity index (χ2v) is 5.93. The molecule has 0 aromatic carbocycles. The molecule has 1 aromatic rings. The maximum Gasteiger partial charge on any atom is 0.311 e. The summed E-state index contributed by atoms with van der Waals surface area (Å²) in [7, 11) is -3.22. The van der Waals surface area contributed by atoms with Crippen LogP contribution in [0.25, 0.3) is 0 Å².